The van der Waals surface area contributed by atoms with E-state index in [2.05, 4.69) is 20.9 Å². The molecule has 2 rings (SSSR count). The first-order chi connectivity index (χ1) is 6.15. The van der Waals surface area contributed by atoms with Crippen LogP contribution in [0.4, 0.5) is 0 Å². The third-order valence-electron chi connectivity index (χ3n) is 2.48. The molecule has 0 unspecified atom stereocenters. The number of hydrogen-bond donors (Lipinski definition) is 1. The van der Waals surface area contributed by atoms with Crippen molar-refractivity contribution in [2.45, 2.75) is 18.3 Å². The van der Waals surface area contributed by atoms with Crippen molar-refractivity contribution >= 4 is 21.8 Å². The van der Waals surface area contributed by atoms with E-state index in [-0.39, 0.29) is 5.91 Å². The summed E-state index contributed by atoms with van der Waals surface area (Å²) in [6, 6.07) is 1.91. The highest BCUT2D eigenvalue weighted by atomic mass is 79.9. The molecule has 68 valence electrons. The van der Waals surface area contributed by atoms with Gasteiger partial charge in [0.25, 0.3) is 0 Å². The van der Waals surface area contributed by atoms with Crippen molar-refractivity contribution in [2.24, 2.45) is 5.73 Å². The Labute approximate surface area is 84.5 Å². The zero-order valence-electron chi connectivity index (χ0n) is 6.96. The fourth-order valence-corrected chi connectivity index (χ4v) is 1.84. The molecule has 0 saturated heterocycles. The van der Waals surface area contributed by atoms with E-state index in [4.69, 9.17) is 5.73 Å². The van der Waals surface area contributed by atoms with Gasteiger partial charge in [0.15, 0.2) is 0 Å². The minimum atomic E-state index is -0.420. The van der Waals surface area contributed by atoms with Crippen molar-refractivity contribution in [3.63, 3.8) is 0 Å². The van der Waals surface area contributed by atoms with Crippen molar-refractivity contribution in [1.29, 1.82) is 0 Å². The topological polar surface area (TPSA) is 56.0 Å². The lowest BCUT2D eigenvalue weighted by atomic mass is 9.97. The Hall–Kier alpha value is -0.900. The Bertz CT molecular complexity index is 360. The van der Waals surface area contributed by atoms with E-state index in [1.54, 1.807) is 12.4 Å². The normalized spacial score (nSPS) is 18.2. The van der Waals surface area contributed by atoms with E-state index in [9.17, 15) is 4.79 Å². The first kappa shape index (κ1) is 8.69. The average Bonchev–Trinajstić information content (AvgIpc) is 2.83. The van der Waals surface area contributed by atoms with Crippen molar-refractivity contribution in [3.8, 4) is 0 Å². The van der Waals surface area contributed by atoms with E-state index < -0.39 is 5.41 Å². The van der Waals surface area contributed by atoms with Crippen LogP contribution in [0.3, 0.4) is 0 Å². The van der Waals surface area contributed by atoms with Crippen LogP contribution in [0.1, 0.15) is 18.4 Å². The molecule has 0 radical (unpaired) electrons. The second kappa shape index (κ2) is 2.80. The second-order valence-electron chi connectivity index (χ2n) is 3.34. The van der Waals surface area contributed by atoms with Gasteiger partial charge in [0, 0.05) is 16.9 Å². The molecule has 0 bridgehead atoms. The maximum Gasteiger partial charge on any atom is 0.228 e. The van der Waals surface area contributed by atoms with Crippen molar-refractivity contribution in [1.82, 2.24) is 4.98 Å². The molecule has 4 heteroatoms. The third kappa shape index (κ3) is 1.35. The summed E-state index contributed by atoms with van der Waals surface area (Å²) in [5.41, 5.74) is 5.84. The number of carbonyl (C=O) groups is 1. The molecular weight excluding hydrogens is 232 g/mol. The van der Waals surface area contributed by atoms with Crippen LogP contribution in [0.25, 0.3) is 0 Å². The van der Waals surface area contributed by atoms with Gasteiger partial charge in [-0.3, -0.25) is 9.78 Å². The predicted molar refractivity (Wildman–Crippen MR) is 52.0 cm³/mol. The van der Waals surface area contributed by atoms with E-state index in [0.29, 0.717) is 0 Å². The summed E-state index contributed by atoms with van der Waals surface area (Å²) >= 11 is 3.32. The molecule has 13 heavy (non-hydrogen) atoms. The first-order valence-electron chi connectivity index (χ1n) is 4.06. The van der Waals surface area contributed by atoms with Gasteiger partial charge in [-0.1, -0.05) is 0 Å². The second-order valence-corrected chi connectivity index (χ2v) is 4.25. The van der Waals surface area contributed by atoms with Gasteiger partial charge in [-0.2, -0.15) is 0 Å². The Morgan fingerprint density at radius 1 is 1.54 bits per heavy atom. The molecule has 1 aromatic heterocycles. The van der Waals surface area contributed by atoms with E-state index >= 15 is 0 Å². The first-order valence-corrected chi connectivity index (χ1v) is 4.85. The number of rotatable bonds is 2. The van der Waals surface area contributed by atoms with Gasteiger partial charge >= 0.3 is 0 Å². The number of amides is 1. The molecule has 1 aliphatic carbocycles. The maximum absolute atomic E-state index is 11.2. The highest BCUT2D eigenvalue weighted by Crippen LogP contribution is 2.47. The molecule has 1 saturated carbocycles. The molecule has 0 aromatic carbocycles. The lowest BCUT2D eigenvalue weighted by molar-refractivity contribution is -0.120. The standard InChI is InChI=1S/C9H9BrN2O/c10-7-3-6(4-12-5-7)9(1-2-9)8(11)13/h3-5H,1-2H2,(H2,11,13). The zero-order chi connectivity index (χ0) is 9.47. The molecule has 0 atom stereocenters. The Morgan fingerprint density at radius 2 is 2.23 bits per heavy atom. The number of hydrogen-bond acceptors (Lipinski definition) is 2. The van der Waals surface area contributed by atoms with Gasteiger partial charge in [0.1, 0.15) is 0 Å². The fraction of sp³-hybridized carbons (Fsp3) is 0.333. The van der Waals surface area contributed by atoms with Gasteiger partial charge in [-0.15, -0.1) is 0 Å². The average molecular weight is 241 g/mol. The van der Waals surface area contributed by atoms with Gasteiger partial charge < -0.3 is 5.73 Å². The molecular formula is C9H9BrN2O. The molecule has 1 heterocycles. The predicted octanol–water partition coefficient (Wildman–Crippen LogP) is 1.36. The molecule has 0 aliphatic heterocycles. The van der Waals surface area contributed by atoms with Crippen LogP contribution in [-0.2, 0) is 10.2 Å². The minimum absolute atomic E-state index is 0.243. The molecule has 2 N–H and O–H groups in total. The number of primary amides is 1. The van der Waals surface area contributed by atoms with Crippen molar-refractivity contribution < 1.29 is 4.79 Å². The summed E-state index contributed by atoms with van der Waals surface area (Å²) < 4.78 is 0.887. The van der Waals surface area contributed by atoms with E-state index in [1.807, 2.05) is 6.07 Å². The fourth-order valence-electron chi connectivity index (χ4n) is 1.48. The van der Waals surface area contributed by atoms with Crippen LogP contribution in [-0.4, -0.2) is 10.9 Å². The van der Waals surface area contributed by atoms with Crippen LogP contribution in [0.15, 0.2) is 22.9 Å². The molecule has 1 amide bonds. The smallest absolute Gasteiger partial charge is 0.228 e. The van der Waals surface area contributed by atoms with E-state index in [0.717, 1.165) is 22.9 Å². The van der Waals surface area contributed by atoms with Crippen LogP contribution in [0.5, 0.6) is 0 Å². The Balaban J connectivity index is 2.41. The number of carbonyl (C=O) groups excluding carboxylic acids is 1. The Morgan fingerprint density at radius 3 is 2.69 bits per heavy atom. The van der Waals surface area contributed by atoms with Crippen LogP contribution in [0, 0.1) is 0 Å². The van der Waals surface area contributed by atoms with Crippen LogP contribution in [0.2, 0.25) is 0 Å². The summed E-state index contributed by atoms with van der Waals surface area (Å²) in [6.07, 6.45) is 5.10. The lowest BCUT2D eigenvalue weighted by Crippen LogP contribution is -2.28. The number of aromatic nitrogens is 1. The number of pyridine rings is 1. The number of nitrogens with two attached hydrogens (primary N) is 1. The molecule has 1 aromatic rings. The third-order valence-corrected chi connectivity index (χ3v) is 2.91. The molecule has 0 spiro atoms. The van der Waals surface area contributed by atoms with Gasteiger partial charge in [0.2, 0.25) is 5.91 Å². The summed E-state index contributed by atoms with van der Waals surface area (Å²) in [5, 5.41) is 0. The summed E-state index contributed by atoms with van der Waals surface area (Å²) in [5.74, 6) is -0.243. The summed E-state index contributed by atoms with van der Waals surface area (Å²) in [7, 11) is 0. The minimum Gasteiger partial charge on any atom is -0.369 e. The number of halogens is 1. The quantitative estimate of drug-likeness (QED) is 0.849. The summed E-state index contributed by atoms with van der Waals surface area (Å²) in [6.45, 7) is 0. The largest absolute Gasteiger partial charge is 0.369 e. The lowest BCUT2D eigenvalue weighted by Gasteiger charge is -2.10. The van der Waals surface area contributed by atoms with Gasteiger partial charge in [0.05, 0.1) is 5.41 Å². The van der Waals surface area contributed by atoms with Crippen molar-refractivity contribution in [2.75, 3.05) is 0 Å². The van der Waals surface area contributed by atoms with E-state index in [1.165, 1.54) is 0 Å². The number of nitrogens with zero attached hydrogens (tertiary/aromatic N) is 1. The van der Waals surface area contributed by atoms with Crippen molar-refractivity contribution in [3.05, 3.63) is 28.5 Å². The molecule has 3 nitrogen and oxygen atoms in total. The van der Waals surface area contributed by atoms with Crippen LogP contribution < -0.4 is 5.73 Å². The van der Waals surface area contributed by atoms with Gasteiger partial charge in [-0.25, -0.2) is 0 Å². The highest BCUT2D eigenvalue weighted by Gasteiger charge is 2.50. The maximum atomic E-state index is 11.2. The van der Waals surface area contributed by atoms with Gasteiger partial charge in [-0.05, 0) is 40.4 Å². The molecule has 1 fully saturated rings. The SMILES string of the molecule is NC(=O)C1(c2cncc(Br)c2)CC1. The monoisotopic (exact) mass is 240 g/mol. The zero-order valence-corrected chi connectivity index (χ0v) is 8.54. The molecule has 1 aliphatic rings. The summed E-state index contributed by atoms with van der Waals surface area (Å²) in [4.78, 5) is 15.2. The highest BCUT2D eigenvalue weighted by molar-refractivity contribution is 9.10. The van der Waals surface area contributed by atoms with Crippen LogP contribution >= 0.6 is 15.9 Å². The Kier molecular flexibility index (Phi) is 1.87.